The number of likely N-dealkylation sites (tertiary alicyclic amines) is 2. The van der Waals surface area contributed by atoms with Gasteiger partial charge in [-0.25, -0.2) is 4.79 Å². The molecular weight excluding hydrogens is 540 g/mol. The number of halogens is 6. The van der Waals surface area contributed by atoms with Gasteiger partial charge in [-0.1, -0.05) is 12.1 Å². The first-order chi connectivity index (χ1) is 18.9. The van der Waals surface area contributed by atoms with Crippen LogP contribution in [-0.2, 0) is 13.1 Å². The Bertz CT molecular complexity index is 1190. The van der Waals surface area contributed by atoms with Gasteiger partial charge in [-0.15, -0.1) is 0 Å². The maximum atomic E-state index is 13.7. The highest BCUT2D eigenvalue weighted by Crippen LogP contribution is 2.50. The van der Waals surface area contributed by atoms with Gasteiger partial charge in [0.2, 0.25) is 0 Å². The number of piperidine rings is 1. The van der Waals surface area contributed by atoms with Crippen LogP contribution in [0.5, 0.6) is 0 Å². The average Bonchev–Trinajstić information content (AvgIpc) is 3.57. The number of hydrogen-bond donors (Lipinski definition) is 1. The zero-order chi connectivity index (χ0) is 28.8. The predicted molar refractivity (Wildman–Crippen MR) is 136 cm³/mol. The van der Waals surface area contributed by atoms with Crippen LogP contribution in [-0.4, -0.2) is 81.9 Å². The number of aromatic nitrogens is 2. The summed E-state index contributed by atoms with van der Waals surface area (Å²) in [5.74, 6) is -5.45. The number of aryl methyl sites for hydroxylation is 1. The first-order valence-corrected chi connectivity index (χ1v) is 13.6. The van der Waals surface area contributed by atoms with E-state index in [0.29, 0.717) is 18.0 Å². The molecule has 0 spiro atoms. The minimum atomic E-state index is -5.62. The molecule has 2 aromatic rings. The second kappa shape index (κ2) is 10.8. The zero-order valence-corrected chi connectivity index (χ0v) is 22.1. The summed E-state index contributed by atoms with van der Waals surface area (Å²) in [5.41, 5.74) is 3.54. The van der Waals surface area contributed by atoms with Crippen molar-refractivity contribution in [2.45, 2.75) is 57.7 Å². The van der Waals surface area contributed by atoms with E-state index in [1.165, 1.54) is 6.42 Å². The number of carbonyl (C=O) groups is 1. The van der Waals surface area contributed by atoms with Crippen molar-refractivity contribution in [1.29, 1.82) is 0 Å². The molecule has 0 radical (unpaired) electrons. The fourth-order valence-electron chi connectivity index (χ4n) is 6.74. The summed E-state index contributed by atoms with van der Waals surface area (Å²) < 4.78 is 83.9. The second-order valence-corrected chi connectivity index (χ2v) is 11.1. The molecule has 1 amide bonds. The molecule has 220 valence electrons. The molecule has 3 fully saturated rings. The second-order valence-electron chi connectivity index (χ2n) is 11.1. The van der Waals surface area contributed by atoms with E-state index in [4.69, 9.17) is 5.10 Å². The summed E-state index contributed by atoms with van der Waals surface area (Å²) >= 11 is 0. The van der Waals surface area contributed by atoms with Crippen molar-refractivity contribution in [1.82, 2.24) is 19.6 Å². The lowest BCUT2D eigenvalue weighted by Gasteiger charge is -2.35. The molecule has 13 heteroatoms. The molecule has 3 aliphatic rings. The summed E-state index contributed by atoms with van der Waals surface area (Å²) in [7, 11) is 0. The van der Waals surface area contributed by atoms with Gasteiger partial charge in [-0.2, -0.15) is 31.4 Å². The molecule has 0 saturated carbocycles. The highest BCUT2D eigenvalue weighted by Gasteiger charge is 2.67. The van der Waals surface area contributed by atoms with Gasteiger partial charge in [0.15, 0.2) is 5.92 Å². The van der Waals surface area contributed by atoms with Gasteiger partial charge in [0, 0.05) is 68.8 Å². The van der Waals surface area contributed by atoms with E-state index in [-0.39, 0.29) is 19.6 Å². The number of hydrogen-bond acceptors (Lipinski definition) is 4. The van der Waals surface area contributed by atoms with Crippen LogP contribution in [0.2, 0.25) is 0 Å². The van der Waals surface area contributed by atoms with E-state index >= 15 is 0 Å². The Labute approximate surface area is 228 Å². The molecule has 5 rings (SSSR count). The van der Waals surface area contributed by atoms with Gasteiger partial charge in [-0.3, -0.25) is 9.58 Å². The first-order valence-electron chi connectivity index (χ1n) is 13.6. The number of alkyl halides is 6. The third-order valence-electron chi connectivity index (χ3n) is 8.49. The standard InChI is InChI=1S/C27H33F6N5O2/c1-2-37-14-19(22(34-37)17-7-6-8-20(11-17)36-9-4-3-5-10-36)13-35-12-18-15-38(25(39)40)23(21(18)16-35)24(26(28,29)30)27(31,32)33/h6-8,11,14,18,21,23-24H,2-5,9-10,12-13,15-16H2,1H3,(H,39,40). The number of carboxylic acid groups (broad SMARTS) is 1. The van der Waals surface area contributed by atoms with E-state index in [0.717, 1.165) is 48.4 Å². The highest BCUT2D eigenvalue weighted by molar-refractivity contribution is 5.68. The van der Waals surface area contributed by atoms with Gasteiger partial charge < -0.3 is 14.9 Å². The molecule has 0 aliphatic carbocycles. The molecule has 0 bridgehead atoms. The summed E-state index contributed by atoms with van der Waals surface area (Å²) in [4.78, 5) is 16.2. The van der Waals surface area contributed by atoms with Crippen molar-refractivity contribution in [3.63, 3.8) is 0 Å². The quantitative estimate of drug-likeness (QED) is 0.449. The highest BCUT2D eigenvalue weighted by atomic mass is 19.4. The topological polar surface area (TPSA) is 64.8 Å². The molecule has 1 aromatic carbocycles. The summed E-state index contributed by atoms with van der Waals surface area (Å²) in [6.07, 6.45) is -7.67. The molecule has 4 heterocycles. The van der Waals surface area contributed by atoms with Crippen molar-refractivity contribution < 1.29 is 36.2 Å². The molecule has 7 nitrogen and oxygen atoms in total. The Hall–Kier alpha value is -2.96. The van der Waals surface area contributed by atoms with Crippen LogP contribution in [0.3, 0.4) is 0 Å². The maximum Gasteiger partial charge on any atom is 0.407 e. The molecular formula is C27H33F6N5O2. The smallest absolute Gasteiger partial charge is 0.407 e. The third-order valence-corrected chi connectivity index (χ3v) is 8.49. The van der Waals surface area contributed by atoms with Crippen molar-refractivity contribution in [3.05, 3.63) is 36.0 Å². The van der Waals surface area contributed by atoms with Crippen molar-refractivity contribution in [3.8, 4) is 11.3 Å². The van der Waals surface area contributed by atoms with Crippen LogP contribution in [0.25, 0.3) is 11.3 Å². The van der Waals surface area contributed by atoms with Crippen LogP contribution in [0.15, 0.2) is 30.5 Å². The Morgan fingerprint density at radius 1 is 1.05 bits per heavy atom. The lowest BCUT2D eigenvalue weighted by Crippen LogP contribution is -2.54. The van der Waals surface area contributed by atoms with Gasteiger partial charge in [-0.05, 0) is 50.2 Å². The Balaban J connectivity index is 1.40. The van der Waals surface area contributed by atoms with E-state index in [1.54, 1.807) is 4.68 Å². The number of rotatable bonds is 6. The Morgan fingerprint density at radius 2 is 1.75 bits per heavy atom. The Kier molecular flexibility index (Phi) is 7.71. The van der Waals surface area contributed by atoms with Gasteiger partial charge in [0.1, 0.15) is 0 Å². The van der Waals surface area contributed by atoms with Gasteiger partial charge in [0.25, 0.3) is 0 Å². The summed E-state index contributed by atoms with van der Waals surface area (Å²) in [5, 5.41) is 14.2. The number of anilines is 1. The Morgan fingerprint density at radius 3 is 2.38 bits per heavy atom. The van der Waals surface area contributed by atoms with E-state index < -0.39 is 42.2 Å². The number of nitrogens with zero attached hydrogens (tertiary/aromatic N) is 5. The van der Waals surface area contributed by atoms with Crippen molar-refractivity contribution >= 4 is 11.8 Å². The molecule has 3 aliphatic heterocycles. The normalized spacial score (nSPS) is 24.2. The van der Waals surface area contributed by atoms with Crippen LogP contribution >= 0.6 is 0 Å². The average molecular weight is 574 g/mol. The number of benzene rings is 1. The predicted octanol–water partition coefficient (Wildman–Crippen LogP) is 5.71. The molecule has 1 N–H and O–H groups in total. The number of amides is 1. The van der Waals surface area contributed by atoms with Crippen molar-refractivity contribution in [2.75, 3.05) is 37.6 Å². The SMILES string of the molecule is CCn1cc(CN2CC3CN(C(=O)O)C(C(C(F)(F)F)C(F)(F)F)C3C2)c(-c2cccc(N3CCCCC3)c2)n1. The molecule has 3 saturated heterocycles. The summed E-state index contributed by atoms with van der Waals surface area (Å²) in [6, 6.07) is 5.84. The molecule has 3 atom stereocenters. The largest absolute Gasteiger partial charge is 0.465 e. The number of fused-ring (bicyclic) bond motifs is 1. The molecule has 3 unspecified atom stereocenters. The monoisotopic (exact) mass is 573 g/mol. The lowest BCUT2D eigenvalue weighted by molar-refractivity contribution is -0.298. The molecule has 1 aromatic heterocycles. The minimum Gasteiger partial charge on any atom is -0.465 e. The molecule has 40 heavy (non-hydrogen) atoms. The van der Waals surface area contributed by atoms with Crippen LogP contribution < -0.4 is 4.90 Å². The maximum absolute atomic E-state index is 13.7. The van der Waals surface area contributed by atoms with Gasteiger partial charge >= 0.3 is 18.4 Å². The van der Waals surface area contributed by atoms with E-state index in [2.05, 4.69) is 17.0 Å². The fourth-order valence-corrected chi connectivity index (χ4v) is 6.74. The zero-order valence-electron chi connectivity index (χ0n) is 22.1. The van der Waals surface area contributed by atoms with Crippen LogP contribution in [0.1, 0.15) is 31.7 Å². The van der Waals surface area contributed by atoms with Crippen LogP contribution in [0, 0.1) is 17.8 Å². The first kappa shape index (κ1) is 28.6. The summed E-state index contributed by atoms with van der Waals surface area (Å²) in [6.45, 7) is 4.55. The minimum absolute atomic E-state index is 0.0632. The van der Waals surface area contributed by atoms with Gasteiger partial charge in [0.05, 0.1) is 11.7 Å². The van der Waals surface area contributed by atoms with Crippen molar-refractivity contribution in [2.24, 2.45) is 17.8 Å². The van der Waals surface area contributed by atoms with E-state index in [1.807, 2.05) is 30.2 Å². The lowest BCUT2D eigenvalue weighted by atomic mass is 9.85. The van der Waals surface area contributed by atoms with Crippen LogP contribution in [0.4, 0.5) is 36.8 Å². The van der Waals surface area contributed by atoms with E-state index in [9.17, 15) is 36.2 Å². The fraction of sp³-hybridized carbons (Fsp3) is 0.630. The third kappa shape index (κ3) is 5.61.